The summed E-state index contributed by atoms with van der Waals surface area (Å²) in [6.07, 6.45) is 23.2. The zero-order valence-corrected chi connectivity index (χ0v) is 51.7. The zero-order valence-electron chi connectivity index (χ0n) is 49.9. The van der Waals surface area contributed by atoms with Gasteiger partial charge in [-0.05, 0) is 72.8 Å². The third-order valence-electron chi connectivity index (χ3n) is 13.6. The van der Waals surface area contributed by atoms with E-state index < -0.39 is 94.1 Å². The van der Waals surface area contributed by atoms with Crippen molar-refractivity contribution in [2.24, 2.45) is 11.5 Å². The minimum Gasteiger partial charge on any atom is -0.550 e. The molecule has 1 aromatic heterocycles. The Hall–Kier alpha value is -3.26. The van der Waals surface area contributed by atoms with Crippen LogP contribution in [0.4, 0.5) is 0 Å². The highest BCUT2D eigenvalue weighted by Crippen LogP contribution is 2.52. The number of hydrogen-bond donors (Lipinski definition) is 2. The molecule has 10 atom stereocenters. The second-order valence-corrected chi connectivity index (χ2v) is 25.0. The monoisotopic (exact) mass is 1210 g/mol. The lowest BCUT2D eigenvalue weighted by Gasteiger charge is -2.31. The molecule has 2 amide bonds. The van der Waals surface area contributed by atoms with Crippen molar-refractivity contribution < 1.29 is 98.2 Å². The van der Waals surface area contributed by atoms with Gasteiger partial charge in [-0.15, -0.1) is 0 Å². The minimum absolute atomic E-state index is 0.0963. The van der Waals surface area contributed by atoms with E-state index in [9.17, 15) is 18.7 Å². The maximum Gasteiger partial charge on any atom is 0.474 e. The largest absolute Gasteiger partial charge is 0.550 e. The Kier molecular flexibility index (Phi) is 31.8. The standard InChI is InChI=1S/C27H47N2O9P.C27H45N2O9P.C2H4O2/c2*1-5-6-7-8-9-10-11-16-33-17-13-18-34-39(31,32-4)35-20-22-23-24(38-27(2,3)37-23)26(36-22)29-15-12-14-21(19-29)25(28)30;1-2(3)4/h12,15,19,22-24,26H,5-11,13-14,16-18,20H2,1-4H3,(H2,28,30);12,14-15,19,22-24,26H,5-11,13,16-18,20H2,1-4H3,(H-,28,30);1H3,(H,3,4). The third-order valence-corrected chi connectivity index (χ3v) is 16.4. The number of hydrogen-bond acceptors (Lipinski definition) is 21. The summed E-state index contributed by atoms with van der Waals surface area (Å²) in [7, 11) is -5.06. The molecule has 0 spiro atoms. The van der Waals surface area contributed by atoms with Crippen molar-refractivity contribution >= 4 is 33.4 Å². The Morgan fingerprint density at radius 1 is 0.646 bits per heavy atom. The molecule has 0 aliphatic carbocycles. The number of ether oxygens (including phenoxy) is 8. The summed E-state index contributed by atoms with van der Waals surface area (Å²) in [5, 5.41) is 8.89. The fourth-order valence-electron chi connectivity index (χ4n) is 9.58. The second-order valence-electron chi connectivity index (χ2n) is 21.4. The number of carbonyl (C=O) groups is 3. The maximum absolute atomic E-state index is 13.0. The Morgan fingerprint density at radius 2 is 1.10 bits per heavy atom. The molecule has 0 bridgehead atoms. The van der Waals surface area contributed by atoms with Crippen LogP contribution in [0.15, 0.2) is 48.6 Å². The van der Waals surface area contributed by atoms with Gasteiger partial charge in [-0.25, -0.2) is 9.13 Å². The number of phosphoric ester groups is 2. The van der Waals surface area contributed by atoms with Crippen LogP contribution in [0.3, 0.4) is 0 Å². The molecule has 24 nitrogen and oxygen atoms in total. The predicted molar refractivity (Wildman–Crippen MR) is 299 cm³/mol. The summed E-state index contributed by atoms with van der Waals surface area (Å²) in [6.45, 7) is 15.3. The third kappa shape index (κ3) is 25.0. The van der Waals surface area contributed by atoms with E-state index in [1.807, 2.05) is 40.0 Å². The molecule has 26 heteroatoms. The lowest BCUT2D eigenvalue weighted by molar-refractivity contribution is -0.766. The second kappa shape index (κ2) is 36.7. The topological polar surface area (TPSA) is 297 Å². The fraction of sp³-hybridized carbons (Fsp3) is 0.786. The molecule has 6 heterocycles. The Balaban J connectivity index is 0.000000331. The van der Waals surface area contributed by atoms with Crippen molar-refractivity contribution in [2.45, 2.75) is 218 Å². The number of rotatable bonds is 38. The lowest BCUT2D eigenvalue weighted by Crippen LogP contribution is -2.46. The van der Waals surface area contributed by atoms with E-state index in [2.05, 4.69) is 13.8 Å². The minimum atomic E-state index is -3.81. The normalized spacial score (nSPS) is 25.4. The van der Waals surface area contributed by atoms with Gasteiger partial charge in [0.15, 0.2) is 36.3 Å². The van der Waals surface area contributed by atoms with Gasteiger partial charge in [0.05, 0.1) is 26.4 Å². The first kappa shape index (κ1) is 71.2. The number of aromatic nitrogens is 1. The van der Waals surface area contributed by atoms with Gasteiger partial charge in [-0.2, -0.15) is 4.57 Å². The highest BCUT2D eigenvalue weighted by molar-refractivity contribution is 7.48. The lowest BCUT2D eigenvalue weighted by atomic mass is 10.1. The number of carboxylic acid groups (broad SMARTS) is 1. The molecule has 470 valence electrons. The highest BCUT2D eigenvalue weighted by Gasteiger charge is 2.60. The van der Waals surface area contributed by atoms with E-state index in [4.69, 9.17) is 86.4 Å². The number of aliphatic carboxylic acids is 1. The fourth-order valence-corrected chi connectivity index (χ4v) is 11.5. The number of carboxylic acids is 1. The number of unbranched alkanes of at least 4 members (excludes halogenated alkanes) is 12. The van der Waals surface area contributed by atoms with Crippen LogP contribution in [0.5, 0.6) is 0 Å². The molecular formula is C56H96N4O20P2. The Bertz CT molecular complexity index is 2220. The molecule has 10 unspecified atom stereocenters. The van der Waals surface area contributed by atoms with E-state index in [1.54, 1.807) is 40.2 Å². The molecule has 0 radical (unpaired) electrons. The van der Waals surface area contributed by atoms with Gasteiger partial charge in [0.25, 0.3) is 12.1 Å². The summed E-state index contributed by atoms with van der Waals surface area (Å²) in [5.74, 6) is -3.83. The molecule has 4 fully saturated rings. The van der Waals surface area contributed by atoms with Crippen molar-refractivity contribution in [1.82, 2.24) is 4.90 Å². The van der Waals surface area contributed by atoms with Gasteiger partial charge in [0.2, 0.25) is 5.91 Å². The SMILES string of the molecule is CC(=O)[O-].CCCCCCCCCOCCCOP(=O)(OC)OCC1OC(N2C=CCC(C(N)=O)=C2)C2OC(C)(C)OC12.CCCCCCCCCOCCCOP(=O)(OC)OCC1OC([n+]2cccc(C(N)=O)c2)C2OC(C)(C)OC12. The van der Waals surface area contributed by atoms with Crippen molar-refractivity contribution in [2.75, 3.05) is 67.1 Å². The number of phosphoric acid groups is 2. The summed E-state index contributed by atoms with van der Waals surface area (Å²) in [4.78, 5) is 34.0. The molecule has 0 aromatic carbocycles. The van der Waals surface area contributed by atoms with E-state index in [-0.39, 0.29) is 26.4 Å². The van der Waals surface area contributed by atoms with Crippen LogP contribution in [-0.2, 0) is 83.8 Å². The number of pyridine rings is 1. The van der Waals surface area contributed by atoms with E-state index in [1.165, 1.54) is 91.3 Å². The Labute approximate surface area is 485 Å². The average molecular weight is 1210 g/mol. The number of fused-ring (bicyclic) bond motifs is 2. The number of amides is 2. The van der Waals surface area contributed by atoms with Gasteiger partial charge in [0, 0.05) is 70.7 Å². The highest BCUT2D eigenvalue weighted by atomic mass is 31.2. The van der Waals surface area contributed by atoms with Crippen molar-refractivity contribution in [3.63, 3.8) is 0 Å². The number of nitrogens with two attached hydrogens (primary N) is 2. The summed E-state index contributed by atoms with van der Waals surface area (Å²) in [6, 6.07) is 3.32. The molecule has 5 aliphatic heterocycles. The van der Waals surface area contributed by atoms with E-state index in [0.717, 1.165) is 26.4 Å². The number of nitrogens with zero attached hydrogens (tertiary/aromatic N) is 2. The molecule has 5 aliphatic rings. The molecule has 82 heavy (non-hydrogen) atoms. The van der Waals surface area contributed by atoms with Crippen molar-refractivity contribution in [3.8, 4) is 0 Å². The molecule has 4 saturated heterocycles. The number of carbonyl (C=O) groups excluding carboxylic acids is 3. The summed E-state index contributed by atoms with van der Waals surface area (Å²) >= 11 is 0. The molecular weight excluding hydrogens is 1110 g/mol. The van der Waals surface area contributed by atoms with Gasteiger partial charge in [-0.3, -0.25) is 36.7 Å². The zero-order chi connectivity index (χ0) is 60.2. The van der Waals surface area contributed by atoms with E-state index in [0.29, 0.717) is 50.2 Å². The molecule has 0 saturated carbocycles. The Morgan fingerprint density at radius 3 is 1.59 bits per heavy atom. The average Bonchev–Trinajstić information content (AvgIpc) is 4.30. The van der Waals surface area contributed by atoms with Crippen LogP contribution in [0, 0.1) is 0 Å². The number of primary amides is 2. The van der Waals surface area contributed by atoms with E-state index >= 15 is 0 Å². The smallest absolute Gasteiger partial charge is 0.474 e. The number of allylic oxidation sites excluding steroid dienone is 1. The van der Waals surface area contributed by atoms with Crippen LogP contribution in [-0.4, -0.2) is 144 Å². The molecule has 1 aromatic rings. The quantitative estimate of drug-likeness (QED) is 0.0360. The van der Waals surface area contributed by atoms with Gasteiger partial charge in [-0.1, -0.05) is 97.0 Å². The van der Waals surface area contributed by atoms with Gasteiger partial charge < -0.3 is 64.2 Å². The first-order chi connectivity index (χ1) is 39.1. The van der Waals surface area contributed by atoms with Crippen LogP contribution in [0.25, 0.3) is 0 Å². The van der Waals surface area contributed by atoms with Crippen molar-refractivity contribution in [1.29, 1.82) is 0 Å². The van der Waals surface area contributed by atoms with Gasteiger partial charge >= 0.3 is 15.6 Å². The van der Waals surface area contributed by atoms with Crippen LogP contribution < -0.4 is 21.1 Å². The first-order valence-corrected chi connectivity index (χ1v) is 32.0. The molecule has 4 N–H and O–H groups in total. The van der Waals surface area contributed by atoms with Crippen molar-refractivity contribution in [3.05, 3.63) is 54.1 Å². The van der Waals surface area contributed by atoms with Gasteiger partial charge in [0.1, 0.15) is 36.1 Å². The predicted octanol–water partition coefficient (Wildman–Crippen LogP) is 7.96. The molecule has 6 rings (SSSR count). The maximum atomic E-state index is 13.0. The van der Waals surface area contributed by atoms with Crippen LogP contribution in [0.1, 0.15) is 174 Å². The van der Waals surface area contributed by atoms with Crippen LogP contribution in [0.2, 0.25) is 0 Å². The summed E-state index contributed by atoms with van der Waals surface area (Å²) in [5.41, 5.74) is 11.7. The van der Waals surface area contributed by atoms with Crippen LogP contribution >= 0.6 is 15.6 Å². The first-order valence-electron chi connectivity index (χ1n) is 29.1. The summed E-state index contributed by atoms with van der Waals surface area (Å²) < 4.78 is 108.